The molecule has 1 amide bonds. The normalized spacial score (nSPS) is 9.57. The third kappa shape index (κ3) is 2.08. The van der Waals surface area contributed by atoms with Gasteiger partial charge in [-0.2, -0.15) is 0 Å². The number of hydrazine groups is 1. The first-order valence-electron chi connectivity index (χ1n) is 3.90. The van der Waals surface area contributed by atoms with E-state index in [0.717, 1.165) is 0 Å². The van der Waals surface area contributed by atoms with Gasteiger partial charge < -0.3 is 5.11 Å². The van der Waals surface area contributed by atoms with Crippen molar-refractivity contribution in [2.24, 2.45) is 5.84 Å². The molecule has 0 aliphatic carbocycles. The van der Waals surface area contributed by atoms with Crippen LogP contribution in [0.4, 0.5) is 0 Å². The zero-order chi connectivity index (χ0) is 10.7. The van der Waals surface area contributed by atoms with Gasteiger partial charge in [0.15, 0.2) is 0 Å². The Morgan fingerprint density at radius 2 is 1.86 bits per heavy atom. The highest BCUT2D eigenvalue weighted by Crippen LogP contribution is 2.09. The summed E-state index contributed by atoms with van der Waals surface area (Å²) < 4.78 is 0. The average Bonchev–Trinajstić information content (AvgIpc) is 2.15. The molecular weight excluding hydrogens is 184 g/mol. The van der Waals surface area contributed by atoms with Crippen LogP contribution in [0.25, 0.3) is 0 Å². The molecule has 0 aliphatic heterocycles. The Bertz CT molecular complexity index is 388. The average molecular weight is 194 g/mol. The standard InChI is InChI=1S/C9H10N2O3/c1-5-2-6(8(12)11-10)4-7(3-5)9(13)14/h2-4H,10H2,1H3,(H,11,12)(H,13,14). The molecule has 0 atom stereocenters. The predicted octanol–water partition coefficient (Wildman–Crippen LogP) is 0.297. The van der Waals surface area contributed by atoms with Crippen LogP contribution < -0.4 is 11.3 Å². The topological polar surface area (TPSA) is 92.4 Å². The predicted molar refractivity (Wildman–Crippen MR) is 49.8 cm³/mol. The minimum absolute atomic E-state index is 0.0728. The number of hydrogen-bond donors (Lipinski definition) is 3. The number of rotatable bonds is 2. The van der Waals surface area contributed by atoms with Crippen molar-refractivity contribution in [3.05, 3.63) is 34.9 Å². The summed E-state index contributed by atoms with van der Waals surface area (Å²) >= 11 is 0. The van der Waals surface area contributed by atoms with E-state index in [-0.39, 0.29) is 11.1 Å². The molecule has 0 radical (unpaired) electrons. The van der Waals surface area contributed by atoms with E-state index in [2.05, 4.69) is 0 Å². The molecule has 4 N–H and O–H groups in total. The molecular formula is C9H10N2O3. The van der Waals surface area contributed by atoms with Gasteiger partial charge in [0.2, 0.25) is 0 Å². The summed E-state index contributed by atoms with van der Waals surface area (Å²) in [6, 6.07) is 4.32. The van der Waals surface area contributed by atoms with Gasteiger partial charge in [-0.05, 0) is 30.7 Å². The molecule has 0 aromatic heterocycles. The molecule has 74 valence electrons. The van der Waals surface area contributed by atoms with Gasteiger partial charge in [0.25, 0.3) is 5.91 Å². The van der Waals surface area contributed by atoms with Crippen LogP contribution in [0.1, 0.15) is 26.3 Å². The Balaban J connectivity index is 3.20. The number of carbonyl (C=O) groups excluding carboxylic acids is 1. The smallest absolute Gasteiger partial charge is 0.335 e. The molecule has 14 heavy (non-hydrogen) atoms. The lowest BCUT2D eigenvalue weighted by Crippen LogP contribution is -2.30. The monoisotopic (exact) mass is 194 g/mol. The van der Waals surface area contributed by atoms with E-state index < -0.39 is 11.9 Å². The van der Waals surface area contributed by atoms with Crippen LogP contribution in [-0.2, 0) is 0 Å². The number of carboxylic acid groups (broad SMARTS) is 1. The van der Waals surface area contributed by atoms with E-state index in [1.165, 1.54) is 12.1 Å². The number of nitrogens with two attached hydrogens (primary N) is 1. The van der Waals surface area contributed by atoms with Gasteiger partial charge >= 0.3 is 5.97 Å². The first-order chi connectivity index (χ1) is 6.54. The second-order valence-corrected chi connectivity index (χ2v) is 2.87. The number of aromatic carboxylic acids is 1. The molecule has 5 heteroatoms. The number of aryl methyl sites for hydroxylation is 1. The molecule has 0 bridgehead atoms. The van der Waals surface area contributed by atoms with E-state index in [1.807, 2.05) is 5.43 Å². The number of amides is 1. The van der Waals surface area contributed by atoms with E-state index in [0.29, 0.717) is 5.56 Å². The van der Waals surface area contributed by atoms with Crippen molar-refractivity contribution in [3.8, 4) is 0 Å². The van der Waals surface area contributed by atoms with Crippen LogP contribution in [0.15, 0.2) is 18.2 Å². The van der Waals surface area contributed by atoms with Crippen LogP contribution in [0.2, 0.25) is 0 Å². The van der Waals surface area contributed by atoms with Gasteiger partial charge in [-0.15, -0.1) is 0 Å². The van der Waals surface area contributed by atoms with Crippen LogP contribution in [0, 0.1) is 6.92 Å². The van der Waals surface area contributed by atoms with Crippen molar-refractivity contribution in [2.75, 3.05) is 0 Å². The molecule has 0 heterocycles. The lowest BCUT2D eigenvalue weighted by Gasteiger charge is -2.03. The van der Waals surface area contributed by atoms with Crippen LogP contribution >= 0.6 is 0 Å². The molecule has 0 fully saturated rings. The third-order valence-electron chi connectivity index (χ3n) is 1.72. The molecule has 0 saturated carbocycles. The summed E-state index contributed by atoms with van der Waals surface area (Å²) in [6.45, 7) is 1.71. The van der Waals surface area contributed by atoms with Gasteiger partial charge in [-0.1, -0.05) is 0 Å². The number of nitrogen functional groups attached to an aromatic ring is 1. The SMILES string of the molecule is Cc1cc(C(=O)O)cc(C(=O)NN)c1. The van der Waals surface area contributed by atoms with Crippen molar-refractivity contribution in [1.29, 1.82) is 0 Å². The van der Waals surface area contributed by atoms with Crippen molar-refractivity contribution in [3.63, 3.8) is 0 Å². The third-order valence-corrected chi connectivity index (χ3v) is 1.72. The maximum atomic E-state index is 11.1. The fourth-order valence-corrected chi connectivity index (χ4v) is 1.12. The number of carbonyl (C=O) groups is 2. The molecule has 1 aromatic rings. The highest BCUT2D eigenvalue weighted by Gasteiger charge is 2.09. The highest BCUT2D eigenvalue weighted by atomic mass is 16.4. The summed E-state index contributed by atoms with van der Waals surface area (Å²) in [4.78, 5) is 21.8. The van der Waals surface area contributed by atoms with Crippen molar-refractivity contribution >= 4 is 11.9 Å². The van der Waals surface area contributed by atoms with Gasteiger partial charge in [0.1, 0.15) is 0 Å². The Kier molecular flexibility index (Phi) is 2.83. The largest absolute Gasteiger partial charge is 0.478 e. The van der Waals surface area contributed by atoms with E-state index in [9.17, 15) is 9.59 Å². The molecule has 5 nitrogen and oxygen atoms in total. The Morgan fingerprint density at radius 1 is 1.29 bits per heavy atom. The second-order valence-electron chi connectivity index (χ2n) is 2.87. The summed E-state index contributed by atoms with van der Waals surface area (Å²) in [7, 11) is 0. The Morgan fingerprint density at radius 3 is 2.36 bits per heavy atom. The number of carboxylic acids is 1. The van der Waals surface area contributed by atoms with Gasteiger partial charge in [0.05, 0.1) is 5.56 Å². The van der Waals surface area contributed by atoms with Crippen molar-refractivity contribution < 1.29 is 14.7 Å². The van der Waals surface area contributed by atoms with Crippen LogP contribution in [0.5, 0.6) is 0 Å². The lowest BCUT2D eigenvalue weighted by molar-refractivity contribution is 0.0697. The first-order valence-corrected chi connectivity index (χ1v) is 3.90. The maximum absolute atomic E-state index is 11.1. The fourth-order valence-electron chi connectivity index (χ4n) is 1.12. The minimum Gasteiger partial charge on any atom is -0.478 e. The minimum atomic E-state index is -1.07. The van der Waals surface area contributed by atoms with Gasteiger partial charge in [-0.25, -0.2) is 10.6 Å². The zero-order valence-electron chi connectivity index (χ0n) is 7.57. The highest BCUT2D eigenvalue weighted by molar-refractivity contribution is 5.97. The van der Waals surface area contributed by atoms with E-state index in [1.54, 1.807) is 13.0 Å². The van der Waals surface area contributed by atoms with Crippen molar-refractivity contribution in [2.45, 2.75) is 6.92 Å². The van der Waals surface area contributed by atoms with Crippen molar-refractivity contribution in [1.82, 2.24) is 5.43 Å². The summed E-state index contributed by atoms with van der Waals surface area (Å²) in [5.74, 6) is 3.36. The van der Waals surface area contributed by atoms with Crippen LogP contribution in [0.3, 0.4) is 0 Å². The van der Waals surface area contributed by atoms with E-state index in [4.69, 9.17) is 10.9 Å². The zero-order valence-corrected chi connectivity index (χ0v) is 7.57. The molecule has 0 spiro atoms. The summed E-state index contributed by atoms with van der Waals surface area (Å²) in [6.07, 6.45) is 0. The number of benzene rings is 1. The van der Waals surface area contributed by atoms with E-state index >= 15 is 0 Å². The van der Waals surface area contributed by atoms with Crippen LogP contribution in [-0.4, -0.2) is 17.0 Å². The summed E-state index contributed by atoms with van der Waals surface area (Å²) in [5.41, 5.74) is 2.95. The molecule has 1 rings (SSSR count). The first kappa shape index (κ1) is 10.2. The molecule has 0 saturated heterocycles. The fraction of sp³-hybridized carbons (Fsp3) is 0.111. The van der Waals surface area contributed by atoms with Gasteiger partial charge in [-0.3, -0.25) is 10.2 Å². The summed E-state index contributed by atoms with van der Waals surface area (Å²) in [5, 5.41) is 8.73. The lowest BCUT2D eigenvalue weighted by atomic mass is 10.1. The quantitative estimate of drug-likeness (QED) is 0.358. The number of hydrogen-bond acceptors (Lipinski definition) is 3. The Hall–Kier alpha value is -1.88. The maximum Gasteiger partial charge on any atom is 0.335 e. The Labute approximate surface area is 80.5 Å². The molecule has 1 aromatic carbocycles. The number of nitrogens with one attached hydrogen (secondary N) is 1. The second kappa shape index (κ2) is 3.89. The molecule has 0 aliphatic rings. The van der Waals surface area contributed by atoms with Gasteiger partial charge in [0, 0.05) is 5.56 Å². The molecule has 0 unspecified atom stereocenters.